The summed E-state index contributed by atoms with van der Waals surface area (Å²) in [7, 11) is 1.99. The van der Waals surface area contributed by atoms with Crippen molar-refractivity contribution in [1.29, 1.82) is 0 Å². The van der Waals surface area contributed by atoms with Crippen molar-refractivity contribution in [1.82, 2.24) is 10.2 Å². The van der Waals surface area contributed by atoms with E-state index in [1.807, 2.05) is 36.2 Å². The molecule has 1 N–H and O–H groups in total. The van der Waals surface area contributed by atoms with Crippen molar-refractivity contribution >= 4 is 45.0 Å². The zero-order valence-corrected chi connectivity index (χ0v) is 15.6. The summed E-state index contributed by atoms with van der Waals surface area (Å²) in [6.45, 7) is 2.78. The van der Waals surface area contributed by atoms with Crippen LogP contribution in [0, 0.1) is 5.92 Å². The molecular weight excluding hydrogens is 376 g/mol. The standard InChI is InChI=1S/C18H21BrN2O.ClH/c1-20-12-13-6-8-21(9-7-13)18(22)16-3-2-15-11-17(19)5-4-14(15)10-16;/h2-5,10-11,13,20H,6-9,12H2,1H3;1H. The van der Waals surface area contributed by atoms with Crippen molar-refractivity contribution in [2.75, 3.05) is 26.7 Å². The van der Waals surface area contributed by atoms with Crippen molar-refractivity contribution in [2.24, 2.45) is 5.92 Å². The summed E-state index contributed by atoms with van der Waals surface area (Å²) in [6, 6.07) is 12.1. The fraction of sp³-hybridized carbons (Fsp3) is 0.389. The van der Waals surface area contributed by atoms with Crippen LogP contribution < -0.4 is 5.32 Å². The Hall–Kier alpha value is -1.10. The van der Waals surface area contributed by atoms with Gasteiger partial charge in [-0.1, -0.05) is 28.1 Å². The highest BCUT2D eigenvalue weighted by molar-refractivity contribution is 9.10. The molecule has 0 bridgehead atoms. The Balaban J connectivity index is 0.00000192. The first-order valence-electron chi connectivity index (χ1n) is 7.80. The average Bonchev–Trinajstić information content (AvgIpc) is 2.55. The molecule has 2 aromatic carbocycles. The minimum absolute atomic E-state index is 0. The maximum Gasteiger partial charge on any atom is 0.253 e. The van der Waals surface area contributed by atoms with E-state index in [1.54, 1.807) is 0 Å². The van der Waals surface area contributed by atoms with E-state index in [0.29, 0.717) is 5.92 Å². The Bertz CT molecular complexity index is 684. The van der Waals surface area contributed by atoms with Gasteiger partial charge in [-0.05, 0) is 67.4 Å². The van der Waals surface area contributed by atoms with Crippen molar-refractivity contribution in [3.8, 4) is 0 Å². The van der Waals surface area contributed by atoms with Crippen LogP contribution in [0.2, 0.25) is 0 Å². The van der Waals surface area contributed by atoms with Gasteiger partial charge in [0.1, 0.15) is 0 Å². The Morgan fingerprint density at radius 3 is 2.52 bits per heavy atom. The van der Waals surface area contributed by atoms with Crippen LogP contribution in [0.3, 0.4) is 0 Å². The Labute approximate surface area is 152 Å². The molecule has 1 aliphatic heterocycles. The molecule has 0 saturated carbocycles. The molecule has 0 aromatic heterocycles. The lowest BCUT2D eigenvalue weighted by atomic mass is 9.96. The zero-order chi connectivity index (χ0) is 15.5. The molecule has 0 aliphatic carbocycles. The predicted octanol–water partition coefficient (Wildman–Crippen LogP) is 4.10. The van der Waals surface area contributed by atoms with Gasteiger partial charge >= 0.3 is 0 Å². The van der Waals surface area contributed by atoms with E-state index in [1.165, 1.54) is 0 Å². The van der Waals surface area contributed by atoms with Gasteiger partial charge in [-0.25, -0.2) is 0 Å². The fourth-order valence-electron chi connectivity index (χ4n) is 3.16. The van der Waals surface area contributed by atoms with Crippen LogP contribution in [0.4, 0.5) is 0 Å². The summed E-state index contributed by atoms with van der Waals surface area (Å²) < 4.78 is 1.06. The fourth-order valence-corrected chi connectivity index (χ4v) is 3.54. The van der Waals surface area contributed by atoms with Gasteiger partial charge in [0.15, 0.2) is 0 Å². The number of amides is 1. The topological polar surface area (TPSA) is 32.3 Å². The molecule has 124 valence electrons. The first-order chi connectivity index (χ1) is 10.7. The Morgan fingerprint density at radius 1 is 1.17 bits per heavy atom. The van der Waals surface area contributed by atoms with Crippen LogP contribution >= 0.6 is 28.3 Å². The molecule has 1 amide bonds. The number of likely N-dealkylation sites (tertiary alicyclic amines) is 1. The van der Waals surface area contributed by atoms with E-state index in [-0.39, 0.29) is 18.3 Å². The lowest BCUT2D eigenvalue weighted by Crippen LogP contribution is -2.40. The van der Waals surface area contributed by atoms with Gasteiger partial charge in [0, 0.05) is 23.1 Å². The summed E-state index contributed by atoms with van der Waals surface area (Å²) in [5.74, 6) is 0.857. The van der Waals surface area contributed by atoms with Gasteiger partial charge < -0.3 is 10.2 Å². The molecule has 0 unspecified atom stereocenters. The van der Waals surface area contributed by atoms with E-state index in [0.717, 1.165) is 53.3 Å². The number of nitrogens with zero attached hydrogens (tertiary/aromatic N) is 1. The van der Waals surface area contributed by atoms with Crippen LogP contribution in [0.15, 0.2) is 40.9 Å². The van der Waals surface area contributed by atoms with Crippen LogP contribution in [-0.2, 0) is 0 Å². The number of carbonyl (C=O) groups is 1. The van der Waals surface area contributed by atoms with Gasteiger partial charge in [-0.15, -0.1) is 12.4 Å². The highest BCUT2D eigenvalue weighted by Crippen LogP contribution is 2.23. The summed E-state index contributed by atoms with van der Waals surface area (Å²) in [5, 5.41) is 5.49. The smallest absolute Gasteiger partial charge is 0.253 e. The summed E-state index contributed by atoms with van der Waals surface area (Å²) >= 11 is 3.48. The maximum atomic E-state index is 12.7. The van der Waals surface area contributed by atoms with Crippen LogP contribution in [0.25, 0.3) is 10.8 Å². The average molecular weight is 398 g/mol. The third kappa shape index (κ3) is 4.25. The first kappa shape index (κ1) is 18.2. The summed E-state index contributed by atoms with van der Waals surface area (Å²) in [5.41, 5.74) is 0.793. The third-order valence-electron chi connectivity index (χ3n) is 4.44. The largest absolute Gasteiger partial charge is 0.339 e. The number of nitrogens with one attached hydrogen (secondary N) is 1. The number of hydrogen-bond donors (Lipinski definition) is 1. The van der Waals surface area contributed by atoms with Gasteiger partial charge in [0.2, 0.25) is 0 Å². The molecule has 23 heavy (non-hydrogen) atoms. The molecule has 0 atom stereocenters. The van der Waals surface area contributed by atoms with Crippen LogP contribution in [-0.4, -0.2) is 37.5 Å². The molecule has 5 heteroatoms. The summed E-state index contributed by atoms with van der Waals surface area (Å²) in [6.07, 6.45) is 2.18. The number of carbonyl (C=O) groups excluding carboxylic acids is 1. The Kier molecular flexibility index (Phi) is 6.45. The van der Waals surface area contributed by atoms with Crippen molar-refractivity contribution in [3.05, 3.63) is 46.4 Å². The van der Waals surface area contributed by atoms with Gasteiger partial charge in [0.25, 0.3) is 5.91 Å². The van der Waals surface area contributed by atoms with Crippen molar-refractivity contribution in [3.63, 3.8) is 0 Å². The SMILES string of the molecule is CNCC1CCN(C(=O)c2ccc3cc(Br)ccc3c2)CC1.Cl. The van der Waals surface area contributed by atoms with E-state index >= 15 is 0 Å². The van der Waals surface area contributed by atoms with Crippen molar-refractivity contribution in [2.45, 2.75) is 12.8 Å². The maximum absolute atomic E-state index is 12.7. The monoisotopic (exact) mass is 396 g/mol. The molecule has 1 fully saturated rings. The molecule has 1 heterocycles. The second kappa shape index (κ2) is 8.13. The highest BCUT2D eigenvalue weighted by atomic mass is 79.9. The van der Waals surface area contributed by atoms with E-state index in [9.17, 15) is 4.79 Å². The number of benzene rings is 2. The zero-order valence-electron chi connectivity index (χ0n) is 13.2. The molecular formula is C18H22BrClN2O. The second-order valence-electron chi connectivity index (χ2n) is 6.00. The number of piperidine rings is 1. The van der Waals surface area contributed by atoms with Gasteiger partial charge in [0.05, 0.1) is 0 Å². The first-order valence-corrected chi connectivity index (χ1v) is 8.60. The number of hydrogen-bond acceptors (Lipinski definition) is 2. The highest BCUT2D eigenvalue weighted by Gasteiger charge is 2.23. The van der Waals surface area contributed by atoms with Crippen LogP contribution in [0.5, 0.6) is 0 Å². The quantitative estimate of drug-likeness (QED) is 0.846. The molecule has 3 rings (SSSR count). The molecule has 0 spiro atoms. The lowest BCUT2D eigenvalue weighted by Gasteiger charge is -2.32. The van der Waals surface area contributed by atoms with Gasteiger partial charge in [-0.2, -0.15) is 0 Å². The number of rotatable bonds is 3. The van der Waals surface area contributed by atoms with E-state index < -0.39 is 0 Å². The summed E-state index contributed by atoms with van der Waals surface area (Å²) in [4.78, 5) is 14.7. The van der Waals surface area contributed by atoms with E-state index in [2.05, 4.69) is 33.4 Å². The molecule has 1 saturated heterocycles. The third-order valence-corrected chi connectivity index (χ3v) is 4.94. The van der Waals surface area contributed by atoms with Crippen molar-refractivity contribution < 1.29 is 4.79 Å². The minimum Gasteiger partial charge on any atom is -0.339 e. The predicted molar refractivity (Wildman–Crippen MR) is 101 cm³/mol. The second-order valence-corrected chi connectivity index (χ2v) is 6.92. The lowest BCUT2D eigenvalue weighted by molar-refractivity contribution is 0.0691. The van der Waals surface area contributed by atoms with Crippen LogP contribution in [0.1, 0.15) is 23.2 Å². The van der Waals surface area contributed by atoms with E-state index in [4.69, 9.17) is 0 Å². The molecule has 2 aromatic rings. The Morgan fingerprint density at radius 2 is 1.83 bits per heavy atom. The normalized spacial score (nSPS) is 15.5. The van der Waals surface area contributed by atoms with Gasteiger partial charge in [-0.3, -0.25) is 4.79 Å². The molecule has 3 nitrogen and oxygen atoms in total. The minimum atomic E-state index is 0. The molecule has 0 radical (unpaired) electrons. The molecule has 1 aliphatic rings. The number of halogens is 2. The number of fused-ring (bicyclic) bond motifs is 1.